The van der Waals surface area contributed by atoms with Gasteiger partial charge in [-0.3, -0.25) is 14.1 Å². The first-order chi connectivity index (χ1) is 15.1. The number of rotatable bonds is 7. The van der Waals surface area contributed by atoms with Crippen LogP contribution >= 0.6 is 11.6 Å². The predicted octanol–water partition coefficient (Wildman–Crippen LogP) is 3.72. The zero-order chi connectivity index (χ0) is 21.5. The third-order valence-electron chi connectivity index (χ3n) is 5.89. The molecule has 0 atom stereocenters. The summed E-state index contributed by atoms with van der Waals surface area (Å²) in [6, 6.07) is 10.1. The number of nitrogens with zero attached hydrogens (tertiary/aromatic N) is 5. The van der Waals surface area contributed by atoms with Gasteiger partial charge >= 0.3 is 5.69 Å². The van der Waals surface area contributed by atoms with Gasteiger partial charge in [-0.2, -0.15) is 0 Å². The maximum Gasteiger partial charge on any atom is 0.329 e. The number of aromatic nitrogens is 4. The number of hydrogen-bond donors (Lipinski definition) is 2. The molecule has 1 fully saturated rings. The highest BCUT2D eigenvalue weighted by atomic mass is 35.5. The molecule has 8 nitrogen and oxygen atoms in total. The molecule has 0 amide bonds. The van der Waals surface area contributed by atoms with Crippen LogP contribution in [-0.4, -0.2) is 29.7 Å². The molecule has 5 rings (SSSR count). The molecule has 0 saturated heterocycles. The second-order valence-corrected chi connectivity index (χ2v) is 8.46. The maximum absolute atomic E-state index is 13.3. The fourth-order valence-electron chi connectivity index (χ4n) is 4.29. The van der Waals surface area contributed by atoms with E-state index in [0.717, 1.165) is 40.5 Å². The molecular weight excluding hydrogens is 416 g/mol. The molecular formula is C22H23ClN6O2. The van der Waals surface area contributed by atoms with Crippen molar-refractivity contribution < 1.29 is 5.21 Å². The minimum absolute atomic E-state index is 0.00278. The van der Waals surface area contributed by atoms with Crippen molar-refractivity contribution in [2.45, 2.75) is 44.8 Å². The smallest absolute Gasteiger partial charge is 0.329 e. The zero-order valence-electron chi connectivity index (χ0n) is 16.9. The standard InChI is InChI=1S/C22H23ClN6O2/c23-15-3-6-18-14(10-15)11-17(27(18)9-1-2-21(24)26-31)13-28-20-12-25-8-7-19(20)29(22(28)30)16-4-5-16/h3,6-8,10-12,16,31H,1-2,4-5,9,13H2,(H2,24,26). The topological polar surface area (TPSA) is 103 Å². The molecule has 4 aromatic rings. The second-order valence-electron chi connectivity index (χ2n) is 8.02. The van der Waals surface area contributed by atoms with E-state index >= 15 is 0 Å². The zero-order valence-corrected chi connectivity index (χ0v) is 17.7. The van der Waals surface area contributed by atoms with Crippen LogP contribution in [0, 0.1) is 0 Å². The van der Waals surface area contributed by atoms with Crippen LogP contribution in [0.1, 0.15) is 37.4 Å². The van der Waals surface area contributed by atoms with Gasteiger partial charge in [0.05, 0.1) is 23.8 Å². The normalized spacial score (nSPS) is 14.7. The van der Waals surface area contributed by atoms with Gasteiger partial charge in [0.2, 0.25) is 0 Å². The molecule has 1 saturated carbocycles. The van der Waals surface area contributed by atoms with E-state index in [4.69, 9.17) is 22.5 Å². The summed E-state index contributed by atoms with van der Waals surface area (Å²) in [7, 11) is 0. The largest absolute Gasteiger partial charge is 0.409 e. The third-order valence-corrected chi connectivity index (χ3v) is 6.12. The molecule has 1 aliphatic carbocycles. The Hall–Kier alpha value is -3.26. The molecule has 1 aliphatic rings. The van der Waals surface area contributed by atoms with Gasteiger partial charge in [0.1, 0.15) is 5.84 Å². The number of benzene rings is 1. The van der Waals surface area contributed by atoms with E-state index in [1.807, 2.05) is 28.8 Å². The van der Waals surface area contributed by atoms with Crippen molar-refractivity contribution >= 4 is 39.4 Å². The van der Waals surface area contributed by atoms with E-state index in [1.54, 1.807) is 17.0 Å². The summed E-state index contributed by atoms with van der Waals surface area (Å²) in [4.78, 5) is 17.6. The highest BCUT2D eigenvalue weighted by Gasteiger charge is 2.29. The average Bonchev–Trinajstić information content (AvgIpc) is 3.49. The van der Waals surface area contributed by atoms with Gasteiger partial charge in [0, 0.05) is 46.8 Å². The predicted molar refractivity (Wildman–Crippen MR) is 121 cm³/mol. The Morgan fingerprint density at radius 3 is 2.81 bits per heavy atom. The van der Waals surface area contributed by atoms with E-state index in [2.05, 4.69) is 20.8 Å². The monoisotopic (exact) mass is 438 g/mol. The number of hydrogen-bond acceptors (Lipinski definition) is 4. The van der Waals surface area contributed by atoms with Gasteiger partial charge in [-0.05, 0) is 49.6 Å². The molecule has 0 unspecified atom stereocenters. The van der Waals surface area contributed by atoms with Crippen molar-refractivity contribution in [2.24, 2.45) is 10.9 Å². The number of aryl methyl sites for hydroxylation is 1. The first-order valence-electron chi connectivity index (χ1n) is 10.4. The first-order valence-corrected chi connectivity index (χ1v) is 10.7. The van der Waals surface area contributed by atoms with Crippen molar-refractivity contribution in [3.8, 4) is 0 Å². The lowest BCUT2D eigenvalue weighted by Gasteiger charge is -2.11. The highest BCUT2D eigenvalue weighted by molar-refractivity contribution is 6.31. The summed E-state index contributed by atoms with van der Waals surface area (Å²) in [5, 5.41) is 13.6. The fraction of sp³-hybridized carbons (Fsp3) is 0.318. The van der Waals surface area contributed by atoms with Crippen LogP contribution in [0.15, 0.2) is 52.7 Å². The number of amidine groups is 1. The Balaban J connectivity index is 1.58. The lowest BCUT2D eigenvalue weighted by molar-refractivity contribution is 0.316. The van der Waals surface area contributed by atoms with Crippen molar-refractivity contribution in [1.82, 2.24) is 18.7 Å². The Morgan fingerprint density at radius 1 is 1.19 bits per heavy atom. The van der Waals surface area contributed by atoms with Crippen molar-refractivity contribution in [2.75, 3.05) is 0 Å². The van der Waals surface area contributed by atoms with Crippen LogP contribution < -0.4 is 11.4 Å². The SMILES string of the molecule is N/C(CCCn1c(Cn2c(=O)n(C3CC3)c3ccncc32)cc2cc(Cl)ccc21)=N\O. The summed E-state index contributed by atoms with van der Waals surface area (Å²) in [6.45, 7) is 1.10. The molecule has 0 spiro atoms. The van der Waals surface area contributed by atoms with Crippen LogP contribution in [0.5, 0.6) is 0 Å². The summed E-state index contributed by atoms with van der Waals surface area (Å²) in [5.74, 6) is 0.204. The molecule has 0 aliphatic heterocycles. The van der Waals surface area contributed by atoms with Gasteiger partial charge in [0.25, 0.3) is 0 Å². The van der Waals surface area contributed by atoms with E-state index in [-0.39, 0.29) is 17.6 Å². The van der Waals surface area contributed by atoms with E-state index in [0.29, 0.717) is 31.0 Å². The van der Waals surface area contributed by atoms with Crippen LogP contribution in [-0.2, 0) is 13.1 Å². The number of pyridine rings is 1. The number of oxime groups is 1. The highest BCUT2D eigenvalue weighted by Crippen LogP contribution is 2.36. The van der Waals surface area contributed by atoms with Crippen LogP contribution in [0.25, 0.3) is 21.9 Å². The Labute approximate surface area is 183 Å². The van der Waals surface area contributed by atoms with E-state index in [9.17, 15) is 4.79 Å². The number of imidazole rings is 1. The minimum atomic E-state index is -0.00278. The molecule has 9 heteroatoms. The second kappa shape index (κ2) is 7.77. The maximum atomic E-state index is 13.3. The van der Waals surface area contributed by atoms with Gasteiger partial charge in [-0.25, -0.2) is 4.79 Å². The molecule has 3 N–H and O–H groups in total. The molecule has 0 bridgehead atoms. The van der Waals surface area contributed by atoms with Gasteiger partial charge in [0.15, 0.2) is 0 Å². The summed E-state index contributed by atoms with van der Waals surface area (Å²) < 4.78 is 5.88. The summed E-state index contributed by atoms with van der Waals surface area (Å²) in [5.41, 5.74) is 9.45. The molecule has 160 valence electrons. The number of halogens is 1. The Morgan fingerprint density at radius 2 is 2.03 bits per heavy atom. The lowest BCUT2D eigenvalue weighted by Crippen LogP contribution is -2.25. The Bertz CT molecular complexity index is 1360. The summed E-state index contributed by atoms with van der Waals surface area (Å²) in [6.07, 6.45) is 6.75. The van der Waals surface area contributed by atoms with Gasteiger partial charge < -0.3 is 15.5 Å². The molecule has 1 aromatic carbocycles. The lowest BCUT2D eigenvalue weighted by atomic mass is 10.2. The third kappa shape index (κ3) is 3.57. The van der Waals surface area contributed by atoms with Crippen molar-refractivity contribution in [1.29, 1.82) is 0 Å². The first kappa shape index (κ1) is 19.7. The molecule has 31 heavy (non-hydrogen) atoms. The van der Waals surface area contributed by atoms with Crippen LogP contribution in [0.2, 0.25) is 5.02 Å². The quantitative estimate of drug-likeness (QED) is 0.198. The Kier molecular flexibility index (Phi) is 4.94. The number of fused-ring (bicyclic) bond motifs is 2. The van der Waals surface area contributed by atoms with Gasteiger partial charge in [-0.1, -0.05) is 16.8 Å². The van der Waals surface area contributed by atoms with Gasteiger partial charge in [-0.15, -0.1) is 0 Å². The van der Waals surface area contributed by atoms with Crippen molar-refractivity contribution in [3.05, 3.63) is 63.9 Å². The van der Waals surface area contributed by atoms with E-state index in [1.165, 1.54) is 0 Å². The minimum Gasteiger partial charge on any atom is -0.409 e. The number of nitrogens with two attached hydrogens (primary N) is 1. The molecule has 0 radical (unpaired) electrons. The summed E-state index contributed by atoms with van der Waals surface area (Å²) >= 11 is 6.22. The average molecular weight is 439 g/mol. The van der Waals surface area contributed by atoms with E-state index < -0.39 is 0 Å². The van der Waals surface area contributed by atoms with Crippen LogP contribution in [0.4, 0.5) is 0 Å². The van der Waals surface area contributed by atoms with Crippen molar-refractivity contribution in [3.63, 3.8) is 0 Å². The van der Waals surface area contributed by atoms with Crippen LogP contribution in [0.3, 0.4) is 0 Å². The fourth-order valence-corrected chi connectivity index (χ4v) is 4.47. The molecule has 3 aromatic heterocycles. The molecule has 3 heterocycles.